The Morgan fingerprint density at radius 1 is 1.35 bits per heavy atom. The quantitative estimate of drug-likeness (QED) is 0.431. The van der Waals surface area contributed by atoms with Crippen LogP contribution in [0.1, 0.15) is 12.8 Å². The van der Waals surface area contributed by atoms with Gasteiger partial charge >= 0.3 is 0 Å². The van der Waals surface area contributed by atoms with E-state index >= 15 is 0 Å². The van der Waals surface area contributed by atoms with Gasteiger partial charge in [-0.05, 0) is 12.1 Å². The lowest BCUT2D eigenvalue weighted by Crippen LogP contribution is -2.93. The van der Waals surface area contributed by atoms with Gasteiger partial charge in [0.05, 0.1) is 38.8 Å². The molecule has 0 unspecified atom stereocenters. The first-order valence-corrected chi connectivity index (χ1v) is 7.18. The molecule has 0 aliphatic rings. The van der Waals surface area contributed by atoms with E-state index in [9.17, 15) is 14.7 Å². The Morgan fingerprint density at radius 2 is 2.09 bits per heavy atom. The largest absolute Gasteiger partial charge is 0.544 e. The zero-order valence-corrected chi connectivity index (χ0v) is 13.2. The number of carbonyl (C=O) groups is 2. The summed E-state index contributed by atoms with van der Waals surface area (Å²) in [5.41, 5.74) is 0.422. The molecular weight excluding hydrogens is 304 g/mol. The topological polar surface area (TPSA) is 125 Å². The molecule has 8 heteroatoms. The normalized spacial score (nSPS) is 11.6. The predicted molar refractivity (Wildman–Crippen MR) is 80.1 cm³/mol. The van der Waals surface area contributed by atoms with Crippen LogP contribution in [0.3, 0.4) is 0 Å². The third kappa shape index (κ3) is 6.13. The highest BCUT2D eigenvalue weighted by Gasteiger charge is 2.19. The van der Waals surface area contributed by atoms with Gasteiger partial charge in [0.25, 0.3) is 0 Å². The molecule has 0 bridgehead atoms. The molecule has 0 radical (unpaired) electrons. The van der Waals surface area contributed by atoms with Gasteiger partial charge in [0.2, 0.25) is 5.91 Å². The number of aliphatic carboxylic acids is 1. The maximum absolute atomic E-state index is 12.0. The van der Waals surface area contributed by atoms with Crippen LogP contribution in [0.25, 0.3) is 0 Å². The fraction of sp³-hybridized carbons (Fsp3) is 0.467. The molecule has 4 N–H and O–H groups in total. The van der Waals surface area contributed by atoms with Crippen LogP contribution in [-0.2, 0) is 9.59 Å². The molecule has 0 aliphatic heterocycles. The molecular formula is C15H22N2O6. The van der Waals surface area contributed by atoms with Crippen molar-refractivity contribution >= 4 is 17.6 Å². The van der Waals surface area contributed by atoms with Crippen LogP contribution in [0.4, 0.5) is 5.69 Å². The van der Waals surface area contributed by atoms with Crippen molar-refractivity contribution in [2.24, 2.45) is 0 Å². The highest BCUT2D eigenvalue weighted by molar-refractivity contribution is 5.94. The van der Waals surface area contributed by atoms with Gasteiger partial charge in [-0.3, -0.25) is 4.79 Å². The predicted octanol–water partition coefficient (Wildman–Crippen LogP) is -1.90. The summed E-state index contributed by atoms with van der Waals surface area (Å²) < 4.78 is 10.2. The Balaban J connectivity index is 2.68. The molecule has 0 spiro atoms. The Hall–Kier alpha value is -2.32. The molecule has 0 aromatic heterocycles. The standard InChI is InChI=1S/C15H22N2O6/c1-22-10-4-5-11(13(8-10)23-2)17-14(19)9-12(15(20)21)16-6-3-7-18/h4-5,8,12,16,18H,3,6-7,9H2,1-2H3,(H,17,19)(H,20,21)/t12-/m1/s1. The number of carboxylic acids is 1. The molecule has 0 saturated carbocycles. The van der Waals surface area contributed by atoms with Gasteiger partial charge in [-0.25, -0.2) is 0 Å². The number of nitrogens with two attached hydrogens (primary N) is 1. The van der Waals surface area contributed by atoms with E-state index in [2.05, 4.69) is 5.32 Å². The van der Waals surface area contributed by atoms with Crippen LogP contribution < -0.4 is 25.2 Å². The van der Waals surface area contributed by atoms with Crippen LogP contribution >= 0.6 is 0 Å². The van der Waals surface area contributed by atoms with Crippen molar-refractivity contribution < 1.29 is 34.6 Å². The second-order valence-electron chi connectivity index (χ2n) is 4.85. The average Bonchev–Trinajstić information content (AvgIpc) is 2.54. The van der Waals surface area contributed by atoms with Crippen molar-refractivity contribution in [2.75, 3.05) is 32.7 Å². The summed E-state index contributed by atoms with van der Waals surface area (Å²) >= 11 is 0. The maximum atomic E-state index is 12.0. The number of carbonyl (C=O) groups excluding carboxylic acids is 2. The minimum Gasteiger partial charge on any atom is -0.544 e. The van der Waals surface area contributed by atoms with E-state index in [4.69, 9.17) is 14.6 Å². The first kappa shape index (κ1) is 18.7. The highest BCUT2D eigenvalue weighted by atomic mass is 16.5. The number of carboxylic acid groups (broad SMARTS) is 1. The van der Waals surface area contributed by atoms with Crippen molar-refractivity contribution in [3.63, 3.8) is 0 Å². The Kier molecular flexibility index (Phi) is 7.86. The van der Waals surface area contributed by atoms with Crippen LogP contribution in [-0.4, -0.2) is 50.4 Å². The number of nitrogens with one attached hydrogen (secondary N) is 1. The Bertz CT molecular complexity index is 535. The van der Waals surface area contributed by atoms with Gasteiger partial charge < -0.3 is 35.1 Å². The molecule has 0 heterocycles. The van der Waals surface area contributed by atoms with E-state index in [1.54, 1.807) is 18.2 Å². The summed E-state index contributed by atoms with van der Waals surface area (Å²) in [6.07, 6.45) is 0.195. The third-order valence-electron chi connectivity index (χ3n) is 3.20. The summed E-state index contributed by atoms with van der Waals surface area (Å²) in [7, 11) is 2.97. The lowest BCUT2D eigenvalue weighted by atomic mass is 10.2. The first-order valence-electron chi connectivity index (χ1n) is 7.18. The molecule has 0 fully saturated rings. The number of methoxy groups -OCH3 is 2. The maximum Gasteiger partial charge on any atom is 0.230 e. The molecule has 0 aliphatic carbocycles. The zero-order chi connectivity index (χ0) is 17.2. The van der Waals surface area contributed by atoms with Gasteiger partial charge in [-0.2, -0.15) is 0 Å². The minimum atomic E-state index is -1.32. The van der Waals surface area contributed by atoms with Gasteiger partial charge in [-0.1, -0.05) is 0 Å². The molecule has 1 aromatic carbocycles. The van der Waals surface area contributed by atoms with E-state index in [0.29, 0.717) is 30.2 Å². The zero-order valence-electron chi connectivity index (χ0n) is 13.2. The monoisotopic (exact) mass is 326 g/mol. The van der Waals surface area contributed by atoms with Crippen molar-refractivity contribution in [1.29, 1.82) is 0 Å². The smallest absolute Gasteiger partial charge is 0.230 e. The number of hydrogen-bond acceptors (Lipinski definition) is 6. The number of benzene rings is 1. The molecule has 128 valence electrons. The van der Waals surface area contributed by atoms with E-state index < -0.39 is 17.9 Å². The summed E-state index contributed by atoms with van der Waals surface area (Å²) in [5, 5.41) is 23.8. The Labute approximate surface area is 134 Å². The van der Waals surface area contributed by atoms with Gasteiger partial charge in [0.15, 0.2) is 0 Å². The van der Waals surface area contributed by atoms with E-state index in [-0.39, 0.29) is 13.0 Å². The molecule has 1 amide bonds. The Morgan fingerprint density at radius 3 is 2.65 bits per heavy atom. The summed E-state index contributed by atoms with van der Waals surface area (Å²) in [5.74, 6) is -0.806. The average molecular weight is 326 g/mol. The summed E-state index contributed by atoms with van der Waals surface area (Å²) in [6, 6.07) is 3.87. The fourth-order valence-corrected chi connectivity index (χ4v) is 1.98. The number of aliphatic hydroxyl groups is 1. The van der Waals surface area contributed by atoms with E-state index in [1.807, 2.05) is 0 Å². The van der Waals surface area contributed by atoms with Crippen molar-refractivity contribution in [3.8, 4) is 11.5 Å². The van der Waals surface area contributed by atoms with Crippen LogP contribution in [0.15, 0.2) is 18.2 Å². The summed E-state index contributed by atoms with van der Waals surface area (Å²) in [4.78, 5) is 23.1. The third-order valence-corrected chi connectivity index (χ3v) is 3.20. The van der Waals surface area contributed by atoms with Crippen molar-refractivity contribution in [2.45, 2.75) is 18.9 Å². The number of aliphatic hydroxyl groups excluding tert-OH is 1. The van der Waals surface area contributed by atoms with E-state index in [1.165, 1.54) is 19.5 Å². The fourth-order valence-electron chi connectivity index (χ4n) is 1.98. The number of amides is 1. The second-order valence-corrected chi connectivity index (χ2v) is 4.85. The van der Waals surface area contributed by atoms with Crippen LogP contribution in [0.2, 0.25) is 0 Å². The van der Waals surface area contributed by atoms with Crippen molar-refractivity contribution in [1.82, 2.24) is 0 Å². The van der Waals surface area contributed by atoms with Gasteiger partial charge in [0.1, 0.15) is 17.5 Å². The molecule has 0 saturated heterocycles. The van der Waals surface area contributed by atoms with Gasteiger partial charge in [-0.15, -0.1) is 0 Å². The molecule has 8 nitrogen and oxygen atoms in total. The lowest BCUT2D eigenvalue weighted by Gasteiger charge is -2.17. The van der Waals surface area contributed by atoms with Gasteiger partial charge in [0, 0.05) is 19.1 Å². The van der Waals surface area contributed by atoms with Crippen molar-refractivity contribution in [3.05, 3.63) is 18.2 Å². The summed E-state index contributed by atoms with van der Waals surface area (Å²) in [6.45, 7) is 0.361. The number of rotatable bonds is 10. The molecule has 1 atom stereocenters. The number of quaternary nitrogens is 1. The number of hydrogen-bond donors (Lipinski definition) is 3. The first-order chi connectivity index (χ1) is 11.0. The van der Waals surface area contributed by atoms with Crippen LogP contribution in [0.5, 0.6) is 11.5 Å². The second kappa shape index (κ2) is 9.65. The van der Waals surface area contributed by atoms with E-state index in [0.717, 1.165) is 0 Å². The number of ether oxygens (including phenoxy) is 2. The number of anilines is 1. The molecule has 23 heavy (non-hydrogen) atoms. The molecule has 1 rings (SSSR count). The highest BCUT2D eigenvalue weighted by Crippen LogP contribution is 2.29. The minimum absolute atomic E-state index is 0.0362. The molecule has 1 aromatic rings. The van der Waals surface area contributed by atoms with Crippen LogP contribution in [0, 0.1) is 0 Å². The lowest BCUT2D eigenvalue weighted by molar-refractivity contribution is -0.682. The SMILES string of the molecule is COc1ccc(NC(=O)C[C@@H]([NH2+]CCCO)C(=O)[O-])c(OC)c1.